The third-order valence-corrected chi connectivity index (χ3v) is 33.3. The molecular weight excluding hydrogens is 1920 g/mol. The van der Waals surface area contributed by atoms with Crippen molar-refractivity contribution in [3.05, 3.63) is 37.4 Å². The molecule has 0 spiro atoms. The first-order valence-electron chi connectivity index (χ1n) is 59.1. The maximum Gasteiger partial charge on any atom is 0.118 e. The Bertz CT molecular complexity index is 3370. The normalized spacial score (nSPS) is 31.9. The van der Waals surface area contributed by atoms with Gasteiger partial charge < -0.3 is 153 Å². The highest BCUT2D eigenvalue weighted by Gasteiger charge is 2.42. The van der Waals surface area contributed by atoms with Crippen LogP contribution in [-0.2, 0) is 17.8 Å². The Kier molecular flexibility index (Phi) is 74.6. The number of aromatic nitrogens is 4. The summed E-state index contributed by atoms with van der Waals surface area (Å²) in [5.41, 5.74) is -5.93. The fraction of sp³-hybridized carbons (Fsp3) is 0.947. The molecule has 0 aliphatic heterocycles. The van der Waals surface area contributed by atoms with Crippen molar-refractivity contribution < 1.29 is 112 Å². The van der Waals surface area contributed by atoms with Crippen LogP contribution in [0.3, 0.4) is 0 Å². The molecule has 10 saturated carbocycles. The van der Waals surface area contributed by atoms with Crippen molar-refractivity contribution in [3.8, 4) is 0 Å². The Morgan fingerprint density at radius 1 is 0.307 bits per heavy atom. The van der Waals surface area contributed by atoms with Crippen molar-refractivity contribution in [1.29, 1.82) is 0 Å². The first-order chi connectivity index (χ1) is 71.4. The van der Waals surface area contributed by atoms with Gasteiger partial charge in [-0.1, -0.05) is 76.2 Å². The average Bonchev–Trinajstić information content (AvgIpc) is 0.888. The summed E-state index contributed by atoms with van der Waals surface area (Å²) < 4.78 is 9.25. The SMILES string of the molecule is CC1CCC(O)(CN(CCO)CCO)CC1.CC1CCC(O)(CNC(CO)CO)CC1.CC1CCC(O)(CNCCCO)CC1.CC1CCC(O)(CNCCCn2ccnc2)CC1.CC1CCC(O)(CNCCO)CC1.CC1CCC(O)(CNCCOCCO)CC1.CC1CCC(O)(CNCCn2ccnc2)CC1.CC1CCC(O)(N(CCO)CCO)CC1.CC1CCC(O)(NC(CO)CO)CC1.CCCNC1(O)CCC(C)CC1. The molecule has 36 nitrogen and oxygen atoms in total. The number of hydrogen-bond donors (Lipinski definition) is 29. The molecule has 0 bridgehead atoms. The highest BCUT2D eigenvalue weighted by molar-refractivity contribution is 4.96. The highest BCUT2D eigenvalue weighted by atomic mass is 16.5. The lowest BCUT2D eigenvalue weighted by Gasteiger charge is -2.43. The Hall–Kier alpha value is -2.86. The van der Waals surface area contributed by atoms with Crippen LogP contribution in [0.25, 0.3) is 0 Å². The lowest BCUT2D eigenvalue weighted by Crippen LogP contribution is -2.54. The van der Waals surface area contributed by atoms with Crippen molar-refractivity contribution in [2.24, 2.45) is 59.2 Å². The number of nitrogens with one attached hydrogen (secondary N) is 8. The minimum atomic E-state index is -0.886. The topological polar surface area (TPSA) is 572 Å². The number of aliphatic hydroxyl groups is 21. The van der Waals surface area contributed by atoms with Crippen LogP contribution < -0.4 is 42.5 Å². The first-order valence-corrected chi connectivity index (χ1v) is 59.1. The second-order valence-corrected chi connectivity index (χ2v) is 48.2. The molecule has 150 heavy (non-hydrogen) atoms. The largest absolute Gasteiger partial charge is 0.396 e. The number of hydrogen-bond acceptors (Lipinski definition) is 34. The van der Waals surface area contributed by atoms with E-state index in [4.69, 9.17) is 60.9 Å². The van der Waals surface area contributed by atoms with E-state index in [1.807, 2.05) is 34.5 Å². The third kappa shape index (κ3) is 64.0. The van der Waals surface area contributed by atoms with Crippen LogP contribution in [0.4, 0.5) is 0 Å². The van der Waals surface area contributed by atoms with E-state index in [0.717, 1.165) is 351 Å². The zero-order chi connectivity index (χ0) is 111. The molecule has 12 rings (SSSR count). The second-order valence-electron chi connectivity index (χ2n) is 48.2. The Labute approximate surface area is 906 Å². The number of nitrogens with zero attached hydrogens (tertiary/aromatic N) is 6. The van der Waals surface area contributed by atoms with E-state index in [9.17, 15) is 51.1 Å². The lowest BCUT2D eigenvalue weighted by molar-refractivity contribution is -0.144. The predicted octanol–water partition coefficient (Wildman–Crippen LogP) is 7.12. The summed E-state index contributed by atoms with van der Waals surface area (Å²) >= 11 is 0. The van der Waals surface area contributed by atoms with Gasteiger partial charge in [-0.2, -0.15) is 0 Å². The van der Waals surface area contributed by atoms with Gasteiger partial charge in [0.25, 0.3) is 0 Å². The fourth-order valence-electron chi connectivity index (χ4n) is 21.4. The van der Waals surface area contributed by atoms with Gasteiger partial charge in [0.15, 0.2) is 0 Å². The minimum Gasteiger partial charge on any atom is -0.396 e. The van der Waals surface area contributed by atoms with Gasteiger partial charge in [-0.15, -0.1) is 0 Å². The lowest BCUT2D eigenvalue weighted by atomic mass is 9.79. The van der Waals surface area contributed by atoms with Crippen LogP contribution in [0, 0.1) is 59.2 Å². The van der Waals surface area contributed by atoms with E-state index in [1.165, 1.54) is 0 Å². The molecule has 2 aromatic heterocycles. The van der Waals surface area contributed by atoms with E-state index in [0.29, 0.717) is 122 Å². The van der Waals surface area contributed by atoms with Crippen LogP contribution in [0.1, 0.15) is 352 Å². The Morgan fingerprint density at radius 3 is 0.933 bits per heavy atom. The van der Waals surface area contributed by atoms with E-state index in [2.05, 4.69) is 133 Å². The summed E-state index contributed by atoms with van der Waals surface area (Å²) in [4.78, 5) is 11.8. The van der Waals surface area contributed by atoms with Crippen molar-refractivity contribution in [3.63, 3.8) is 0 Å². The predicted molar refractivity (Wildman–Crippen MR) is 598 cm³/mol. The number of rotatable bonds is 50. The number of imidazole rings is 2. The molecule has 36 heteroatoms. The molecule has 2 heterocycles. The molecule has 10 aliphatic carbocycles. The van der Waals surface area contributed by atoms with Crippen LogP contribution in [0.5, 0.6) is 0 Å². The Morgan fingerprint density at radius 2 is 0.613 bits per heavy atom. The van der Waals surface area contributed by atoms with Gasteiger partial charge in [-0.05, 0) is 355 Å². The van der Waals surface area contributed by atoms with Gasteiger partial charge in [0.05, 0.1) is 143 Å². The average molecular weight is 2150 g/mol. The molecule has 888 valence electrons. The van der Waals surface area contributed by atoms with E-state index in [-0.39, 0.29) is 78.7 Å². The molecule has 10 aliphatic rings. The van der Waals surface area contributed by atoms with E-state index >= 15 is 0 Å². The quantitative estimate of drug-likeness (QED) is 0.0231. The van der Waals surface area contributed by atoms with Gasteiger partial charge in [0.2, 0.25) is 0 Å². The van der Waals surface area contributed by atoms with Crippen LogP contribution in [0.15, 0.2) is 37.4 Å². The van der Waals surface area contributed by atoms with Crippen LogP contribution >= 0.6 is 0 Å². The molecule has 0 unspecified atom stereocenters. The van der Waals surface area contributed by atoms with Crippen molar-refractivity contribution in [2.75, 3.05) is 197 Å². The minimum absolute atomic E-state index is 0.0257. The molecule has 0 atom stereocenters. The third-order valence-electron chi connectivity index (χ3n) is 33.3. The van der Waals surface area contributed by atoms with Crippen LogP contribution in [-0.4, -0.2) is 402 Å². The van der Waals surface area contributed by atoms with Gasteiger partial charge in [0, 0.05) is 136 Å². The van der Waals surface area contributed by atoms with Gasteiger partial charge in [-0.3, -0.25) is 20.4 Å². The highest BCUT2D eigenvalue weighted by Crippen LogP contribution is 2.40. The summed E-state index contributed by atoms with van der Waals surface area (Å²) in [7, 11) is 0. The Balaban J connectivity index is 0.000000429. The van der Waals surface area contributed by atoms with Crippen molar-refractivity contribution in [1.82, 2.24) is 71.4 Å². The molecule has 29 N–H and O–H groups in total. The molecule has 0 saturated heterocycles. The van der Waals surface area contributed by atoms with Gasteiger partial charge in [0.1, 0.15) is 17.2 Å². The molecule has 2 aromatic rings. The molecule has 0 amide bonds. The molecule has 0 radical (unpaired) electrons. The smallest absolute Gasteiger partial charge is 0.118 e. The van der Waals surface area contributed by atoms with E-state index in [1.54, 1.807) is 17.3 Å². The van der Waals surface area contributed by atoms with Gasteiger partial charge in [-0.25, -0.2) is 9.97 Å². The summed E-state index contributed by atoms with van der Waals surface area (Å²) in [5.74, 6) is 7.41. The van der Waals surface area contributed by atoms with Gasteiger partial charge >= 0.3 is 0 Å². The maximum absolute atomic E-state index is 10.4. The zero-order valence-corrected chi connectivity index (χ0v) is 95.9. The number of aryl methyl sites for hydroxylation is 1. The van der Waals surface area contributed by atoms with Crippen molar-refractivity contribution in [2.45, 2.75) is 434 Å². The monoisotopic (exact) mass is 2150 g/mol. The zero-order valence-electron chi connectivity index (χ0n) is 95.9. The summed E-state index contributed by atoms with van der Waals surface area (Å²) in [6, 6.07) is -0.721. The maximum atomic E-state index is 10.4. The standard InChI is InChI=1S/C14H25N3O.C13H23N3O.2C12H25NO3.2C11H23NO3.C11H23NO2.C10H21NO3.C10H21NO2.C10H21NO/c1-13-3-5-14(18,6-4-13)11-15-7-2-9-17-10-8-16-12-17;1-12-2-4-13(17,5-3-12)10-14-6-8-16-9-7-15-11-16;1-11-2-4-12(15,5-3-11)10-13-6-8-16-9-7-14;1-11-2-4-12(16,5-3-11)10-13(6-8-14)7-9-15;1-9-2-4-11(15,5-3-9)8-12-10(6-13)7-14;1-10-2-4-11(15,5-3-10)12(6-8-13)7-9-14;1-10-3-5-11(14,6-4-10)9-12-7-2-8-13;1-8-2-4-10(14,5-3-8)11-9(6-12)7-13;1-9-2-4-10(13,5-3-9)8-11-6-7-12;1-3-8-11-10(12)6-4-9(2)5-7-10/h8,10,12-13,15,18H,2-7,9,11H2,1H3;7,9,11-12,14,17H,2-6,8,10H2,1H3;11,13-15H,2-10H2,1H3;11,14-16H,2-10H2,1H3;9-10,12-15H,2-8H2,1H3;10,13-15H,2-9H2,1H3;10,12-14H,2-9H2,1H3;8-9,11-14H,2-7H2,1H3;9,11-13H,2-8H2,1H3;9,11-12H,3-8H2,1-2H3. The fourth-order valence-corrected chi connectivity index (χ4v) is 21.4. The molecule has 0 aromatic carbocycles. The van der Waals surface area contributed by atoms with Crippen molar-refractivity contribution >= 4 is 0 Å². The number of ether oxygens (including phenoxy) is 1. The first kappa shape index (κ1) is 141. The molecule has 10 fully saturated rings. The summed E-state index contributed by atoms with van der Waals surface area (Å²) in [5, 5.41) is 225. The second kappa shape index (κ2) is 79.2. The summed E-state index contributed by atoms with van der Waals surface area (Å²) in [6.45, 7) is 38.8. The number of aliphatic hydroxyl groups excluding tert-OH is 11. The molecular formula is C114H230N14O22. The van der Waals surface area contributed by atoms with E-state index < -0.39 is 62.4 Å². The van der Waals surface area contributed by atoms with Crippen LogP contribution in [0.2, 0.25) is 0 Å². The summed E-state index contributed by atoms with van der Waals surface area (Å²) in [6.07, 6.45) is 53.3.